The Labute approximate surface area is 95.8 Å². The molecule has 1 N–H and O–H groups in total. The Morgan fingerprint density at radius 2 is 2.25 bits per heavy atom. The molecular weight excluding hydrogens is 223 g/mol. The molecule has 0 radical (unpaired) electrons. The molecule has 2 heterocycles. The second-order valence-electron chi connectivity index (χ2n) is 3.63. The Morgan fingerprint density at radius 3 is 3.00 bits per heavy atom. The molecule has 1 aromatic carbocycles. The van der Waals surface area contributed by atoms with Crippen molar-refractivity contribution in [3.05, 3.63) is 52.2 Å². The third-order valence-electron chi connectivity index (χ3n) is 2.46. The third kappa shape index (κ3) is 1.61. The molecule has 0 aliphatic heterocycles. The number of imidazole rings is 1. The van der Waals surface area contributed by atoms with E-state index < -0.39 is 0 Å². The molecule has 4 heteroatoms. The van der Waals surface area contributed by atoms with E-state index in [9.17, 15) is 4.39 Å². The Kier molecular flexibility index (Phi) is 2.22. The highest BCUT2D eigenvalue weighted by atomic mass is 32.1. The van der Waals surface area contributed by atoms with Gasteiger partial charge in [0.05, 0.1) is 5.52 Å². The number of rotatable bonds is 2. The van der Waals surface area contributed by atoms with Crippen LogP contribution in [0.3, 0.4) is 0 Å². The molecular formula is C12H9FN2S. The van der Waals surface area contributed by atoms with E-state index in [0.29, 0.717) is 5.52 Å². The number of nitrogens with zero attached hydrogens (tertiary/aromatic N) is 1. The minimum atomic E-state index is -0.273. The normalized spacial score (nSPS) is 11.1. The first-order valence-electron chi connectivity index (χ1n) is 4.97. The monoisotopic (exact) mass is 232 g/mol. The molecule has 0 fully saturated rings. The van der Waals surface area contributed by atoms with Crippen LogP contribution in [-0.4, -0.2) is 9.97 Å². The molecule has 80 valence electrons. The minimum Gasteiger partial charge on any atom is -0.342 e. The van der Waals surface area contributed by atoms with Crippen molar-refractivity contribution in [2.24, 2.45) is 0 Å². The molecule has 2 aromatic heterocycles. The van der Waals surface area contributed by atoms with Crippen LogP contribution in [0.15, 0.2) is 35.0 Å². The van der Waals surface area contributed by atoms with Gasteiger partial charge in [-0.25, -0.2) is 9.37 Å². The van der Waals surface area contributed by atoms with Crippen LogP contribution in [0.4, 0.5) is 4.39 Å². The van der Waals surface area contributed by atoms with Gasteiger partial charge < -0.3 is 4.98 Å². The SMILES string of the molecule is Fc1cccc2[nH]c(Cc3ccsc3)nc12. The summed E-state index contributed by atoms with van der Waals surface area (Å²) in [6.07, 6.45) is 0.720. The predicted molar refractivity (Wildman–Crippen MR) is 63.2 cm³/mol. The molecule has 0 spiro atoms. The Morgan fingerprint density at radius 1 is 1.31 bits per heavy atom. The molecule has 0 amide bonds. The van der Waals surface area contributed by atoms with Gasteiger partial charge in [-0.05, 0) is 34.5 Å². The molecule has 0 atom stereocenters. The molecule has 2 nitrogen and oxygen atoms in total. The van der Waals surface area contributed by atoms with E-state index in [1.165, 1.54) is 11.6 Å². The fourth-order valence-corrected chi connectivity index (χ4v) is 2.39. The summed E-state index contributed by atoms with van der Waals surface area (Å²) in [5, 5.41) is 4.10. The van der Waals surface area contributed by atoms with Crippen LogP contribution >= 0.6 is 11.3 Å². The zero-order valence-corrected chi connectivity index (χ0v) is 9.22. The molecule has 0 aliphatic carbocycles. The summed E-state index contributed by atoms with van der Waals surface area (Å²) >= 11 is 1.65. The van der Waals surface area contributed by atoms with Crippen molar-refractivity contribution in [1.29, 1.82) is 0 Å². The van der Waals surface area contributed by atoms with Crippen LogP contribution < -0.4 is 0 Å². The number of aromatic amines is 1. The summed E-state index contributed by atoms with van der Waals surface area (Å²) in [6.45, 7) is 0. The lowest BCUT2D eigenvalue weighted by atomic mass is 10.2. The van der Waals surface area contributed by atoms with E-state index in [1.807, 2.05) is 17.5 Å². The molecule has 0 bridgehead atoms. The van der Waals surface area contributed by atoms with Crippen molar-refractivity contribution in [1.82, 2.24) is 9.97 Å². The smallest absolute Gasteiger partial charge is 0.151 e. The molecule has 0 unspecified atom stereocenters. The minimum absolute atomic E-state index is 0.273. The van der Waals surface area contributed by atoms with Crippen molar-refractivity contribution in [2.45, 2.75) is 6.42 Å². The van der Waals surface area contributed by atoms with Crippen LogP contribution in [0.5, 0.6) is 0 Å². The van der Waals surface area contributed by atoms with Gasteiger partial charge in [0.1, 0.15) is 11.3 Å². The summed E-state index contributed by atoms with van der Waals surface area (Å²) in [7, 11) is 0. The standard InChI is InChI=1S/C12H9FN2S/c13-9-2-1-3-10-12(9)15-11(14-10)6-8-4-5-16-7-8/h1-5,7H,6H2,(H,14,15). The predicted octanol–water partition coefficient (Wildman–Crippen LogP) is 3.35. The Bertz CT molecular complexity index is 613. The van der Waals surface area contributed by atoms with Gasteiger partial charge >= 0.3 is 0 Å². The molecule has 3 aromatic rings. The van der Waals surface area contributed by atoms with Gasteiger partial charge in [-0.15, -0.1) is 0 Å². The fourth-order valence-electron chi connectivity index (χ4n) is 1.72. The van der Waals surface area contributed by atoms with Crippen LogP contribution in [0.2, 0.25) is 0 Å². The highest BCUT2D eigenvalue weighted by molar-refractivity contribution is 7.07. The number of benzene rings is 1. The first-order chi connectivity index (χ1) is 7.83. The van der Waals surface area contributed by atoms with E-state index in [2.05, 4.69) is 15.3 Å². The maximum absolute atomic E-state index is 13.4. The lowest BCUT2D eigenvalue weighted by molar-refractivity contribution is 0.637. The van der Waals surface area contributed by atoms with Crippen LogP contribution in [0, 0.1) is 5.82 Å². The number of hydrogen-bond acceptors (Lipinski definition) is 2. The number of nitrogens with one attached hydrogen (secondary N) is 1. The first kappa shape index (κ1) is 9.54. The van der Waals surface area contributed by atoms with E-state index in [4.69, 9.17) is 0 Å². The number of fused-ring (bicyclic) bond motifs is 1. The van der Waals surface area contributed by atoms with E-state index in [-0.39, 0.29) is 5.82 Å². The van der Waals surface area contributed by atoms with Gasteiger partial charge in [-0.1, -0.05) is 6.07 Å². The lowest BCUT2D eigenvalue weighted by Crippen LogP contribution is -1.87. The van der Waals surface area contributed by atoms with Gasteiger partial charge in [-0.3, -0.25) is 0 Å². The number of H-pyrrole nitrogens is 1. The zero-order chi connectivity index (χ0) is 11.0. The van der Waals surface area contributed by atoms with E-state index in [0.717, 1.165) is 17.8 Å². The van der Waals surface area contributed by atoms with Crippen LogP contribution in [0.25, 0.3) is 11.0 Å². The average molecular weight is 232 g/mol. The van der Waals surface area contributed by atoms with Gasteiger partial charge in [-0.2, -0.15) is 11.3 Å². The number of aromatic nitrogens is 2. The van der Waals surface area contributed by atoms with Gasteiger partial charge in [0.25, 0.3) is 0 Å². The number of hydrogen-bond donors (Lipinski definition) is 1. The van der Waals surface area contributed by atoms with Crippen molar-refractivity contribution in [3.63, 3.8) is 0 Å². The van der Waals surface area contributed by atoms with E-state index >= 15 is 0 Å². The quantitative estimate of drug-likeness (QED) is 0.721. The number of halogens is 1. The van der Waals surface area contributed by atoms with Gasteiger partial charge in [0, 0.05) is 6.42 Å². The Balaban J connectivity index is 2.02. The third-order valence-corrected chi connectivity index (χ3v) is 3.20. The fraction of sp³-hybridized carbons (Fsp3) is 0.0833. The molecule has 3 rings (SSSR count). The summed E-state index contributed by atoms with van der Waals surface area (Å²) in [4.78, 5) is 7.39. The maximum Gasteiger partial charge on any atom is 0.151 e. The number of para-hydroxylation sites is 1. The second-order valence-corrected chi connectivity index (χ2v) is 4.41. The first-order valence-corrected chi connectivity index (χ1v) is 5.91. The van der Waals surface area contributed by atoms with Crippen LogP contribution in [-0.2, 0) is 6.42 Å². The number of thiophene rings is 1. The lowest BCUT2D eigenvalue weighted by Gasteiger charge is -1.90. The summed E-state index contributed by atoms with van der Waals surface area (Å²) < 4.78 is 13.4. The van der Waals surface area contributed by atoms with Crippen molar-refractivity contribution < 1.29 is 4.39 Å². The molecule has 16 heavy (non-hydrogen) atoms. The van der Waals surface area contributed by atoms with Crippen molar-refractivity contribution in [3.8, 4) is 0 Å². The summed E-state index contributed by atoms with van der Waals surface area (Å²) in [5.41, 5.74) is 2.38. The van der Waals surface area contributed by atoms with Crippen molar-refractivity contribution >= 4 is 22.4 Å². The molecule has 0 saturated carbocycles. The largest absolute Gasteiger partial charge is 0.342 e. The second kappa shape index (κ2) is 3.72. The topological polar surface area (TPSA) is 28.7 Å². The zero-order valence-electron chi connectivity index (χ0n) is 8.40. The van der Waals surface area contributed by atoms with Gasteiger partial charge in [0.2, 0.25) is 0 Å². The highest BCUT2D eigenvalue weighted by Gasteiger charge is 2.07. The average Bonchev–Trinajstić information content (AvgIpc) is 2.88. The molecule has 0 aliphatic rings. The van der Waals surface area contributed by atoms with Gasteiger partial charge in [0.15, 0.2) is 5.82 Å². The van der Waals surface area contributed by atoms with Crippen LogP contribution in [0.1, 0.15) is 11.4 Å². The maximum atomic E-state index is 13.4. The summed E-state index contributed by atoms with van der Waals surface area (Å²) in [5.74, 6) is 0.531. The highest BCUT2D eigenvalue weighted by Crippen LogP contribution is 2.17. The Hall–Kier alpha value is -1.68. The van der Waals surface area contributed by atoms with Crippen molar-refractivity contribution in [2.75, 3.05) is 0 Å². The van der Waals surface area contributed by atoms with E-state index in [1.54, 1.807) is 17.4 Å². The molecule has 0 saturated heterocycles. The summed E-state index contributed by atoms with van der Waals surface area (Å²) in [6, 6.07) is 7.00.